The summed E-state index contributed by atoms with van der Waals surface area (Å²) in [6, 6.07) is 32.6. The molecule has 3 aromatic carbocycles. The maximum absolute atomic E-state index is 12.9. The quantitative estimate of drug-likeness (QED) is 0.214. The lowest BCUT2D eigenvalue weighted by molar-refractivity contribution is 0.0951. The molecule has 0 aliphatic carbocycles. The van der Waals surface area contributed by atoms with Crippen molar-refractivity contribution in [1.29, 1.82) is 0 Å². The predicted molar refractivity (Wildman–Crippen MR) is 173 cm³/mol. The number of anilines is 1. The SMILES string of the molecule is Cn1ncc(-c2ccc(C(=O)NCc3ccc(-n4c(-c5cccnc5N)nc5ccc(-c6ccccc6)nc54)cc3)cc2)c1O. The Bertz CT molecular complexity index is 2150. The van der Waals surface area contributed by atoms with Gasteiger partial charge in [-0.25, -0.2) is 19.6 Å². The first kappa shape index (κ1) is 27.5. The van der Waals surface area contributed by atoms with Crippen LogP contribution in [0.2, 0.25) is 0 Å². The molecule has 7 rings (SSSR count). The van der Waals surface area contributed by atoms with Crippen LogP contribution in [-0.4, -0.2) is 40.3 Å². The first-order chi connectivity index (χ1) is 22.0. The number of nitrogens with two attached hydrogens (primary N) is 1. The first-order valence-electron chi connectivity index (χ1n) is 14.3. The zero-order valence-corrected chi connectivity index (χ0v) is 24.3. The average Bonchev–Trinajstić information content (AvgIpc) is 3.63. The molecule has 1 amide bonds. The van der Waals surface area contributed by atoms with Crippen LogP contribution in [0.25, 0.3) is 50.6 Å². The van der Waals surface area contributed by atoms with Crippen molar-refractivity contribution >= 4 is 22.9 Å². The van der Waals surface area contributed by atoms with Gasteiger partial charge < -0.3 is 16.2 Å². The number of aromatic nitrogens is 6. The molecule has 0 fully saturated rings. The van der Waals surface area contributed by atoms with Crippen molar-refractivity contribution < 1.29 is 9.90 Å². The van der Waals surface area contributed by atoms with Crippen LogP contribution in [0.4, 0.5) is 5.82 Å². The maximum atomic E-state index is 12.9. The molecule has 7 aromatic rings. The molecular weight excluding hydrogens is 564 g/mol. The number of benzene rings is 3. The number of pyridine rings is 2. The second-order valence-corrected chi connectivity index (χ2v) is 10.5. The minimum absolute atomic E-state index is 0.0720. The fourth-order valence-electron chi connectivity index (χ4n) is 5.24. The number of rotatable bonds is 7. The topological polar surface area (TPSA) is 137 Å². The number of imidazole rings is 1. The Morgan fingerprint density at radius 1 is 0.844 bits per heavy atom. The Labute approximate surface area is 258 Å². The Kier molecular flexibility index (Phi) is 6.99. The number of hydrogen-bond acceptors (Lipinski definition) is 7. The number of carbonyl (C=O) groups is 1. The normalized spacial score (nSPS) is 11.1. The van der Waals surface area contributed by atoms with E-state index in [0.29, 0.717) is 40.5 Å². The highest BCUT2D eigenvalue weighted by molar-refractivity contribution is 5.94. The lowest BCUT2D eigenvalue weighted by atomic mass is 10.1. The van der Waals surface area contributed by atoms with Crippen molar-refractivity contribution in [3.05, 3.63) is 127 Å². The Morgan fingerprint density at radius 2 is 1.62 bits per heavy atom. The van der Waals surface area contributed by atoms with Crippen molar-refractivity contribution in [2.75, 3.05) is 5.73 Å². The van der Waals surface area contributed by atoms with Gasteiger partial charge in [-0.2, -0.15) is 5.10 Å². The zero-order chi connectivity index (χ0) is 30.9. The maximum Gasteiger partial charge on any atom is 0.251 e. The van der Waals surface area contributed by atoms with Crippen LogP contribution in [0.3, 0.4) is 0 Å². The van der Waals surface area contributed by atoms with Crippen molar-refractivity contribution in [2.45, 2.75) is 6.54 Å². The van der Waals surface area contributed by atoms with Gasteiger partial charge in [-0.15, -0.1) is 0 Å². The number of fused-ring (bicyclic) bond motifs is 1. The predicted octanol–water partition coefficient (Wildman–Crippen LogP) is 5.77. The van der Waals surface area contributed by atoms with Gasteiger partial charge in [-0.05, 0) is 59.7 Å². The molecule has 0 saturated heterocycles. The minimum atomic E-state index is -0.200. The lowest BCUT2D eigenvalue weighted by Crippen LogP contribution is -2.22. The van der Waals surface area contributed by atoms with E-state index in [1.54, 1.807) is 43.7 Å². The van der Waals surface area contributed by atoms with Crippen molar-refractivity contribution in [3.63, 3.8) is 0 Å². The zero-order valence-electron chi connectivity index (χ0n) is 24.3. The number of carbonyl (C=O) groups excluding carboxylic acids is 1. The molecule has 45 heavy (non-hydrogen) atoms. The molecule has 0 atom stereocenters. The fourth-order valence-corrected chi connectivity index (χ4v) is 5.24. The van der Waals surface area contributed by atoms with Gasteiger partial charge in [0.05, 0.1) is 23.0 Å². The molecule has 4 N–H and O–H groups in total. The summed E-state index contributed by atoms with van der Waals surface area (Å²) in [7, 11) is 1.67. The molecule has 0 aliphatic rings. The van der Waals surface area contributed by atoms with E-state index in [-0.39, 0.29) is 11.8 Å². The van der Waals surface area contributed by atoms with Gasteiger partial charge in [0.15, 0.2) is 11.5 Å². The molecule has 10 heteroatoms. The van der Waals surface area contributed by atoms with Gasteiger partial charge in [0.2, 0.25) is 5.88 Å². The van der Waals surface area contributed by atoms with Gasteiger partial charge in [0.1, 0.15) is 11.3 Å². The highest BCUT2D eigenvalue weighted by atomic mass is 16.3. The summed E-state index contributed by atoms with van der Waals surface area (Å²) in [6.07, 6.45) is 3.24. The molecule has 0 radical (unpaired) electrons. The number of amides is 1. The van der Waals surface area contributed by atoms with Gasteiger partial charge in [-0.1, -0.05) is 54.6 Å². The van der Waals surface area contributed by atoms with E-state index in [2.05, 4.69) is 15.4 Å². The highest BCUT2D eigenvalue weighted by Crippen LogP contribution is 2.32. The summed E-state index contributed by atoms with van der Waals surface area (Å²) in [5, 5.41) is 17.2. The summed E-state index contributed by atoms with van der Waals surface area (Å²) in [4.78, 5) is 27.1. The highest BCUT2D eigenvalue weighted by Gasteiger charge is 2.19. The standard InChI is InChI=1S/C35H28N8O2/c1-42-35(45)28(21-39-42)23-11-13-25(14-12-23)34(44)38-20-22-9-15-26(16-10-22)43-32(27-8-5-19-37-31(27)36)41-30-18-17-29(40-33(30)43)24-6-3-2-4-7-24/h2-19,21,45H,20H2,1H3,(H2,36,37)(H,38,44). The van der Waals surface area contributed by atoms with Gasteiger partial charge >= 0.3 is 0 Å². The molecule has 0 saturated carbocycles. The van der Waals surface area contributed by atoms with E-state index in [1.165, 1.54) is 4.68 Å². The number of nitrogens with zero attached hydrogens (tertiary/aromatic N) is 6. The van der Waals surface area contributed by atoms with Gasteiger partial charge in [0.25, 0.3) is 5.91 Å². The van der Waals surface area contributed by atoms with Crippen LogP contribution in [0.15, 0.2) is 116 Å². The third-order valence-corrected chi connectivity index (χ3v) is 7.67. The van der Waals surface area contributed by atoms with E-state index in [0.717, 1.165) is 33.6 Å². The van der Waals surface area contributed by atoms with E-state index in [9.17, 15) is 9.90 Å². The summed E-state index contributed by atoms with van der Waals surface area (Å²) in [5.41, 5.74) is 13.9. The van der Waals surface area contributed by atoms with Gasteiger partial charge in [-0.3, -0.25) is 9.36 Å². The van der Waals surface area contributed by atoms with E-state index in [4.69, 9.17) is 15.7 Å². The van der Waals surface area contributed by atoms with Crippen LogP contribution in [0.1, 0.15) is 15.9 Å². The molecule has 4 heterocycles. The van der Waals surface area contributed by atoms with Crippen molar-refractivity contribution in [1.82, 2.24) is 34.6 Å². The Hall–Kier alpha value is -6.29. The molecule has 220 valence electrons. The van der Waals surface area contributed by atoms with E-state index < -0.39 is 0 Å². The largest absolute Gasteiger partial charge is 0.493 e. The monoisotopic (exact) mass is 592 g/mol. The van der Waals surface area contributed by atoms with Crippen LogP contribution in [0.5, 0.6) is 5.88 Å². The van der Waals surface area contributed by atoms with E-state index >= 15 is 0 Å². The molecular formula is C35H28N8O2. The second-order valence-electron chi connectivity index (χ2n) is 10.5. The molecule has 0 aliphatic heterocycles. The summed E-state index contributed by atoms with van der Waals surface area (Å²) in [6.45, 7) is 0.341. The molecule has 10 nitrogen and oxygen atoms in total. The molecule has 4 aromatic heterocycles. The summed E-state index contributed by atoms with van der Waals surface area (Å²) in [5.74, 6) is 0.885. The van der Waals surface area contributed by atoms with E-state index in [1.807, 2.05) is 83.4 Å². The fraction of sp³-hybridized carbons (Fsp3) is 0.0571. The molecule has 0 bridgehead atoms. The van der Waals surface area contributed by atoms with Crippen LogP contribution in [-0.2, 0) is 13.6 Å². The number of nitrogen functional groups attached to an aromatic ring is 1. The van der Waals surface area contributed by atoms with Gasteiger partial charge in [0, 0.05) is 36.6 Å². The molecule has 0 unspecified atom stereocenters. The number of hydrogen-bond donors (Lipinski definition) is 3. The number of nitrogens with one attached hydrogen (secondary N) is 1. The minimum Gasteiger partial charge on any atom is -0.493 e. The average molecular weight is 593 g/mol. The smallest absolute Gasteiger partial charge is 0.251 e. The summed E-state index contributed by atoms with van der Waals surface area (Å²) < 4.78 is 3.38. The lowest BCUT2D eigenvalue weighted by Gasteiger charge is -2.12. The Morgan fingerprint density at radius 3 is 2.33 bits per heavy atom. The Balaban J connectivity index is 1.16. The molecule has 0 spiro atoms. The van der Waals surface area contributed by atoms with Crippen LogP contribution in [0, 0.1) is 0 Å². The third-order valence-electron chi connectivity index (χ3n) is 7.67. The van der Waals surface area contributed by atoms with Crippen molar-refractivity contribution in [3.8, 4) is 45.3 Å². The summed E-state index contributed by atoms with van der Waals surface area (Å²) >= 11 is 0. The van der Waals surface area contributed by atoms with Crippen LogP contribution < -0.4 is 11.1 Å². The number of aryl methyl sites for hydroxylation is 1. The number of aromatic hydroxyl groups is 1. The second kappa shape index (κ2) is 11.4. The van der Waals surface area contributed by atoms with Crippen LogP contribution >= 0.6 is 0 Å². The third kappa shape index (κ3) is 5.25. The van der Waals surface area contributed by atoms with Crippen molar-refractivity contribution in [2.24, 2.45) is 7.05 Å². The first-order valence-corrected chi connectivity index (χ1v) is 14.3.